The molecule has 0 radical (unpaired) electrons. The number of rotatable bonds is 6. The minimum atomic E-state index is -0.708. The van der Waals surface area contributed by atoms with Crippen LogP contribution in [0.1, 0.15) is 17.7 Å². The quantitative estimate of drug-likeness (QED) is 0.404. The highest BCUT2D eigenvalue weighted by molar-refractivity contribution is 5.83. The fourth-order valence-corrected chi connectivity index (χ4v) is 1.80. The van der Waals surface area contributed by atoms with Crippen LogP contribution in [-0.4, -0.2) is 39.5 Å². The smallest absolute Gasteiger partial charge is 0.342 e. The number of H-pyrrole nitrogens is 2. The Morgan fingerprint density at radius 2 is 2.25 bits per heavy atom. The Morgan fingerprint density at radius 1 is 1.46 bits per heavy atom. The first-order chi connectivity index (χ1) is 11.5. The lowest BCUT2D eigenvalue weighted by Gasteiger charge is -2.03. The SMILES string of the molecule is COc1ccc(/C=N\NC(=O)CCc2n[nH]c(=O)[nH]c2=O)cc1O. The van der Waals surface area contributed by atoms with E-state index in [2.05, 4.69) is 20.7 Å². The molecule has 0 aliphatic heterocycles. The number of aromatic amines is 2. The van der Waals surface area contributed by atoms with Gasteiger partial charge in [0, 0.05) is 12.8 Å². The van der Waals surface area contributed by atoms with Crippen molar-refractivity contribution in [2.45, 2.75) is 12.8 Å². The number of amides is 1. The molecule has 1 aromatic heterocycles. The summed E-state index contributed by atoms with van der Waals surface area (Å²) < 4.78 is 4.91. The Labute approximate surface area is 135 Å². The number of carbonyl (C=O) groups is 1. The maximum absolute atomic E-state index is 11.6. The summed E-state index contributed by atoms with van der Waals surface area (Å²) in [7, 11) is 1.44. The number of phenolic OH excluding ortho intramolecular Hbond substituents is 1. The second-order valence-corrected chi connectivity index (χ2v) is 4.68. The number of hydrazone groups is 1. The van der Waals surface area contributed by atoms with E-state index in [1.54, 1.807) is 12.1 Å². The summed E-state index contributed by atoms with van der Waals surface area (Å²) in [5.41, 5.74) is 1.55. The van der Waals surface area contributed by atoms with E-state index in [0.29, 0.717) is 11.3 Å². The molecule has 0 aliphatic carbocycles. The van der Waals surface area contributed by atoms with Crippen LogP contribution in [0, 0.1) is 0 Å². The lowest BCUT2D eigenvalue weighted by molar-refractivity contribution is -0.121. The first-order valence-corrected chi connectivity index (χ1v) is 6.86. The topological polar surface area (TPSA) is 150 Å². The van der Waals surface area contributed by atoms with Crippen LogP contribution in [0.5, 0.6) is 11.5 Å². The number of hydrogen-bond donors (Lipinski definition) is 4. The van der Waals surface area contributed by atoms with Crippen molar-refractivity contribution in [3.05, 3.63) is 50.3 Å². The third-order valence-electron chi connectivity index (χ3n) is 2.98. The number of methoxy groups -OCH3 is 1. The van der Waals surface area contributed by atoms with Crippen molar-refractivity contribution in [1.29, 1.82) is 0 Å². The summed E-state index contributed by atoms with van der Waals surface area (Å²) >= 11 is 0. The number of phenols is 1. The van der Waals surface area contributed by atoms with Gasteiger partial charge in [0.15, 0.2) is 11.5 Å². The van der Waals surface area contributed by atoms with E-state index in [-0.39, 0.29) is 24.3 Å². The number of benzene rings is 1. The maximum atomic E-state index is 11.6. The molecule has 0 spiro atoms. The average Bonchev–Trinajstić information content (AvgIpc) is 2.54. The standard InChI is InChI=1S/C14H15N5O5/c1-24-11-4-2-8(6-10(11)20)7-15-18-12(21)5-3-9-13(22)16-14(23)19-17-9/h2,4,6-7,20H,3,5H2,1H3,(H,18,21)(H2,16,19,22,23)/b15-7-. The van der Waals surface area contributed by atoms with Crippen molar-refractivity contribution in [2.24, 2.45) is 5.10 Å². The molecule has 0 aliphatic rings. The predicted molar refractivity (Wildman–Crippen MR) is 84.2 cm³/mol. The van der Waals surface area contributed by atoms with Crippen molar-refractivity contribution >= 4 is 12.1 Å². The van der Waals surface area contributed by atoms with Crippen LogP contribution in [0.2, 0.25) is 0 Å². The van der Waals surface area contributed by atoms with Crippen molar-refractivity contribution in [1.82, 2.24) is 20.6 Å². The molecule has 2 rings (SSSR count). The molecule has 4 N–H and O–H groups in total. The molecule has 24 heavy (non-hydrogen) atoms. The Morgan fingerprint density at radius 3 is 2.92 bits per heavy atom. The zero-order valence-corrected chi connectivity index (χ0v) is 12.7. The van der Waals surface area contributed by atoms with Crippen LogP contribution < -0.4 is 21.4 Å². The number of nitrogens with zero attached hydrogens (tertiary/aromatic N) is 2. The first-order valence-electron chi connectivity index (χ1n) is 6.86. The van der Waals surface area contributed by atoms with E-state index in [9.17, 15) is 19.5 Å². The first kappa shape index (κ1) is 16.9. The van der Waals surface area contributed by atoms with Gasteiger partial charge >= 0.3 is 5.69 Å². The van der Waals surface area contributed by atoms with Crippen molar-refractivity contribution in [3.63, 3.8) is 0 Å². The van der Waals surface area contributed by atoms with Crippen molar-refractivity contribution in [2.75, 3.05) is 7.11 Å². The minimum Gasteiger partial charge on any atom is -0.504 e. The van der Waals surface area contributed by atoms with Gasteiger partial charge in [-0.05, 0) is 23.8 Å². The zero-order chi connectivity index (χ0) is 17.5. The maximum Gasteiger partial charge on any atom is 0.342 e. The van der Waals surface area contributed by atoms with Crippen LogP contribution in [0.25, 0.3) is 0 Å². The molecule has 1 amide bonds. The van der Waals surface area contributed by atoms with E-state index < -0.39 is 17.2 Å². The van der Waals surface area contributed by atoms with E-state index in [0.717, 1.165) is 0 Å². The summed E-state index contributed by atoms with van der Waals surface area (Å²) in [6, 6.07) is 4.64. The molecule has 10 nitrogen and oxygen atoms in total. The number of nitrogens with one attached hydrogen (secondary N) is 3. The number of aryl methyl sites for hydroxylation is 1. The van der Waals surface area contributed by atoms with Gasteiger partial charge in [0.1, 0.15) is 5.69 Å². The lowest BCUT2D eigenvalue weighted by Crippen LogP contribution is -2.28. The summed E-state index contributed by atoms with van der Waals surface area (Å²) in [6.45, 7) is 0. The molecule has 0 atom stereocenters. The highest BCUT2D eigenvalue weighted by Gasteiger charge is 2.06. The lowest BCUT2D eigenvalue weighted by atomic mass is 10.2. The molecule has 0 saturated carbocycles. The van der Waals surface area contributed by atoms with Gasteiger partial charge in [-0.3, -0.25) is 14.6 Å². The summed E-state index contributed by atoms with van der Waals surface area (Å²) in [5, 5.41) is 19.0. The fourth-order valence-electron chi connectivity index (χ4n) is 1.80. The van der Waals surface area contributed by atoms with Gasteiger partial charge in [0.2, 0.25) is 5.91 Å². The molecular weight excluding hydrogens is 318 g/mol. The predicted octanol–water partition coefficient (Wildman–Crippen LogP) is -0.745. The molecule has 0 bridgehead atoms. The van der Waals surface area contributed by atoms with E-state index in [4.69, 9.17) is 4.74 Å². The normalized spacial score (nSPS) is 10.7. The van der Waals surface area contributed by atoms with E-state index in [1.807, 2.05) is 4.98 Å². The number of carbonyl (C=O) groups excluding carboxylic acids is 1. The van der Waals surface area contributed by atoms with Crippen LogP contribution in [0.3, 0.4) is 0 Å². The minimum absolute atomic E-state index is 0.0344. The summed E-state index contributed by atoms with van der Waals surface area (Å²) in [4.78, 5) is 35.9. The summed E-state index contributed by atoms with van der Waals surface area (Å²) in [6.07, 6.45) is 1.37. The van der Waals surface area contributed by atoms with Crippen LogP contribution in [0.15, 0.2) is 32.9 Å². The average molecular weight is 333 g/mol. The van der Waals surface area contributed by atoms with Crippen molar-refractivity contribution in [3.8, 4) is 11.5 Å². The summed E-state index contributed by atoms with van der Waals surface area (Å²) in [5.74, 6) is -0.151. The van der Waals surface area contributed by atoms with Crippen LogP contribution in [0.4, 0.5) is 0 Å². The molecule has 0 saturated heterocycles. The molecule has 1 heterocycles. The number of hydrogen-bond acceptors (Lipinski definition) is 7. The van der Waals surface area contributed by atoms with Gasteiger partial charge in [-0.25, -0.2) is 15.3 Å². The molecule has 1 aromatic carbocycles. The van der Waals surface area contributed by atoms with Gasteiger partial charge in [0.25, 0.3) is 5.56 Å². The van der Waals surface area contributed by atoms with Crippen LogP contribution >= 0.6 is 0 Å². The van der Waals surface area contributed by atoms with Gasteiger partial charge in [-0.2, -0.15) is 10.2 Å². The Kier molecular flexibility index (Phi) is 5.45. The molecule has 126 valence electrons. The third-order valence-corrected chi connectivity index (χ3v) is 2.98. The van der Waals surface area contributed by atoms with Gasteiger partial charge in [-0.15, -0.1) is 0 Å². The molecule has 2 aromatic rings. The van der Waals surface area contributed by atoms with Gasteiger partial charge in [0.05, 0.1) is 13.3 Å². The molecular formula is C14H15N5O5. The van der Waals surface area contributed by atoms with Crippen molar-refractivity contribution < 1.29 is 14.6 Å². The highest BCUT2D eigenvalue weighted by Crippen LogP contribution is 2.25. The molecule has 0 fully saturated rings. The second kappa shape index (κ2) is 7.72. The van der Waals surface area contributed by atoms with Crippen LogP contribution in [-0.2, 0) is 11.2 Å². The second-order valence-electron chi connectivity index (χ2n) is 4.68. The zero-order valence-electron chi connectivity index (χ0n) is 12.7. The highest BCUT2D eigenvalue weighted by atomic mass is 16.5. The fraction of sp³-hybridized carbons (Fsp3) is 0.214. The number of aromatic hydroxyl groups is 1. The number of aromatic nitrogens is 3. The third kappa shape index (κ3) is 4.53. The molecule has 0 unspecified atom stereocenters. The van der Waals surface area contributed by atoms with Gasteiger partial charge in [-0.1, -0.05) is 0 Å². The Hall–Kier alpha value is -3.43. The Bertz CT molecular complexity index is 870. The van der Waals surface area contributed by atoms with Gasteiger partial charge < -0.3 is 9.84 Å². The monoisotopic (exact) mass is 333 g/mol. The largest absolute Gasteiger partial charge is 0.504 e. The number of ether oxygens (including phenoxy) is 1. The Balaban J connectivity index is 1.87. The van der Waals surface area contributed by atoms with E-state index in [1.165, 1.54) is 19.4 Å². The molecule has 10 heteroatoms. The van der Waals surface area contributed by atoms with E-state index >= 15 is 0 Å².